The van der Waals surface area contributed by atoms with E-state index in [1.165, 1.54) is 22.9 Å². The molecule has 0 aliphatic heterocycles. The van der Waals surface area contributed by atoms with Gasteiger partial charge >= 0.3 is 0 Å². The standard InChI is InChI=1S/C16H26BrN/c1-5-10-18-15(16(3,4)6-2)12-13-8-7-9-14(17)11-13/h7-9,11,15,18H,5-6,10,12H2,1-4H3. The van der Waals surface area contributed by atoms with Gasteiger partial charge in [-0.1, -0.05) is 55.8 Å². The van der Waals surface area contributed by atoms with Crippen LogP contribution in [0.25, 0.3) is 0 Å². The maximum absolute atomic E-state index is 3.71. The van der Waals surface area contributed by atoms with E-state index in [0.29, 0.717) is 11.5 Å². The van der Waals surface area contributed by atoms with Gasteiger partial charge < -0.3 is 5.32 Å². The highest BCUT2D eigenvalue weighted by atomic mass is 79.9. The Morgan fingerprint density at radius 1 is 1.28 bits per heavy atom. The second-order valence-corrected chi connectivity index (χ2v) is 6.60. The summed E-state index contributed by atoms with van der Waals surface area (Å²) in [6.45, 7) is 10.3. The summed E-state index contributed by atoms with van der Waals surface area (Å²) >= 11 is 3.55. The molecule has 1 N–H and O–H groups in total. The normalized spacial score (nSPS) is 13.6. The lowest BCUT2D eigenvalue weighted by atomic mass is 9.79. The predicted octanol–water partition coefficient (Wildman–Crippen LogP) is 4.80. The molecule has 1 aromatic rings. The van der Waals surface area contributed by atoms with Gasteiger partial charge in [0, 0.05) is 10.5 Å². The summed E-state index contributed by atoms with van der Waals surface area (Å²) in [5.41, 5.74) is 1.73. The van der Waals surface area contributed by atoms with Crippen molar-refractivity contribution < 1.29 is 0 Å². The van der Waals surface area contributed by atoms with Crippen molar-refractivity contribution in [2.24, 2.45) is 5.41 Å². The Morgan fingerprint density at radius 2 is 2.00 bits per heavy atom. The number of nitrogens with one attached hydrogen (secondary N) is 1. The van der Waals surface area contributed by atoms with E-state index in [2.05, 4.69) is 73.2 Å². The van der Waals surface area contributed by atoms with Gasteiger partial charge in [-0.15, -0.1) is 0 Å². The minimum atomic E-state index is 0.331. The minimum Gasteiger partial charge on any atom is -0.313 e. The summed E-state index contributed by atoms with van der Waals surface area (Å²) in [5.74, 6) is 0. The fourth-order valence-corrected chi connectivity index (χ4v) is 2.54. The Bertz CT molecular complexity index is 360. The van der Waals surface area contributed by atoms with Crippen LogP contribution in [0.5, 0.6) is 0 Å². The lowest BCUT2D eigenvalue weighted by Gasteiger charge is -2.34. The van der Waals surface area contributed by atoms with Gasteiger partial charge in [-0.3, -0.25) is 0 Å². The molecule has 102 valence electrons. The van der Waals surface area contributed by atoms with Crippen molar-refractivity contribution in [3.8, 4) is 0 Å². The van der Waals surface area contributed by atoms with Gasteiger partial charge in [-0.2, -0.15) is 0 Å². The molecule has 1 rings (SSSR count). The summed E-state index contributed by atoms with van der Waals surface area (Å²) in [7, 11) is 0. The highest BCUT2D eigenvalue weighted by Gasteiger charge is 2.27. The number of hydrogen-bond acceptors (Lipinski definition) is 1. The first-order valence-electron chi connectivity index (χ1n) is 6.97. The van der Waals surface area contributed by atoms with E-state index in [1.54, 1.807) is 0 Å². The molecule has 0 saturated heterocycles. The molecule has 2 heteroatoms. The van der Waals surface area contributed by atoms with Crippen molar-refractivity contribution in [2.45, 2.75) is 53.0 Å². The van der Waals surface area contributed by atoms with Crippen LogP contribution < -0.4 is 5.32 Å². The Labute approximate surface area is 120 Å². The average Bonchev–Trinajstić information content (AvgIpc) is 2.34. The van der Waals surface area contributed by atoms with Crippen LogP contribution in [-0.2, 0) is 6.42 Å². The molecule has 0 aromatic heterocycles. The van der Waals surface area contributed by atoms with E-state index in [1.807, 2.05) is 0 Å². The zero-order valence-electron chi connectivity index (χ0n) is 12.1. The van der Waals surface area contributed by atoms with E-state index < -0.39 is 0 Å². The van der Waals surface area contributed by atoms with Crippen LogP contribution in [0.4, 0.5) is 0 Å². The molecular formula is C16H26BrN. The highest BCUT2D eigenvalue weighted by Crippen LogP contribution is 2.28. The van der Waals surface area contributed by atoms with E-state index in [9.17, 15) is 0 Å². The predicted molar refractivity (Wildman–Crippen MR) is 84.0 cm³/mol. The Balaban J connectivity index is 2.78. The lowest BCUT2D eigenvalue weighted by molar-refractivity contribution is 0.230. The molecule has 1 aromatic carbocycles. The molecular weight excluding hydrogens is 286 g/mol. The quantitative estimate of drug-likeness (QED) is 0.763. The second kappa shape index (κ2) is 7.30. The fraction of sp³-hybridized carbons (Fsp3) is 0.625. The molecule has 0 aliphatic rings. The zero-order chi connectivity index (χ0) is 13.6. The van der Waals surface area contributed by atoms with Crippen molar-refractivity contribution in [3.63, 3.8) is 0 Å². The molecule has 1 atom stereocenters. The van der Waals surface area contributed by atoms with Gasteiger partial charge in [0.1, 0.15) is 0 Å². The van der Waals surface area contributed by atoms with Crippen molar-refractivity contribution in [1.29, 1.82) is 0 Å². The van der Waals surface area contributed by atoms with Crippen molar-refractivity contribution in [3.05, 3.63) is 34.3 Å². The smallest absolute Gasteiger partial charge is 0.0178 e. The molecule has 0 spiro atoms. The first kappa shape index (κ1) is 15.7. The maximum atomic E-state index is 3.71. The SMILES string of the molecule is CCCNC(Cc1cccc(Br)c1)C(C)(C)CC. The van der Waals surface area contributed by atoms with Gasteiger partial charge in [-0.05, 0) is 48.9 Å². The Hall–Kier alpha value is -0.340. The zero-order valence-corrected chi connectivity index (χ0v) is 13.7. The number of rotatable bonds is 7. The number of benzene rings is 1. The third-order valence-corrected chi connectivity index (χ3v) is 4.32. The molecule has 0 bridgehead atoms. The summed E-state index contributed by atoms with van der Waals surface area (Å²) in [4.78, 5) is 0. The van der Waals surface area contributed by atoms with Gasteiger partial charge in [0.15, 0.2) is 0 Å². The van der Waals surface area contributed by atoms with Gasteiger partial charge in [0.05, 0.1) is 0 Å². The molecule has 0 fully saturated rings. The summed E-state index contributed by atoms with van der Waals surface area (Å²) < 4.78 is 1.17. The molecule has 18 heavy (non-hydrogen) atoms. The van der Waals surface area contributed by atoms with Gasteiger partial charge in [0.2, 0.25) is 0 Å². The van der Waals surface area contributed by atoms with Crippen molar-refractivity contribution in [2.75, 3.05) is 6.54 Å². The van der Waals surface area contributed by atoms with Crippen LogP contribution in [0, 0.1) is 5.41 Å². The molecule has 1 nitrogen and oxygen atoms in total. The third kappa shape index (κ3) is 4.74. The van der Waals surface area contributed by atoms with E-state index in [0.717, 1.165) is 13.0 Å². The summed E-state index contributed by atoms with van der Waals surface area (Å²) in [5, 5.41) is 3.71. The number of halogens is 1. The van der Waals surface area contributed by atoms with Crippen LogP contribution in [-0.4, -0.2) is 12.6 Å². The second-order valence-electron chi connectivity index (χ2n) is 5.68. The molecule has 0 amide bonds. The Kier molecular flexibility index (Phi) is 6.37. The summed E-state index contributed by atoms with van der Waals surface area (Å²) in [6.07, 6.45) is 3.48. The van der Waals surface area contributed by atoms with Gasteiger partial charge in [0.25, 0.3) is 0 Å². The molecule has 1 unspecified atom stereocenters. The van der Waals surface area contributed by atoms with E-state index in [-0.39, 0.29) is 0 Å². The van der Waals surface area contributed by atoms with Crippen LogP contribution in [0.3, 0.4) is 0 Å². The minimum absolute atomic E-state index is 0.331. The van der Waals surface area contributed by atoms with Crippen molar-refractivity contribution >= 4 is 15.9 Å². The number of hydrogen-bond donors (Lipinski definition) is 1. The third-order valence-electron chi connectivity index (χ3n) is 3.82. The lowest BCUT2D eigenvalue weighted by Crippen LogP contribution is -2.43. The van der Waals surface area contributed by atoms with Crippen LogP contribution in [0.2, 0.25) is 0 Å². The molecule has 0 radical (unpaired) electrons. The molecule has 0 aliphatic carbocycles. The Morgan fingerprint density at radius 3 is 2.56 bits per heavy atom. The monoisotopic (exact) mass is 311 g/mol. The first-order chi connectivity index (χ1) is 8.49. The van der Waals surface area contributed by atoms with E-state index in [4.69, 9.17) is 0 Å². The first-order valence-corrected chi connectivity index (χ1v) is 7.76. The van der Waals surface area contributed by atoms with Crippen LogP contribution in [0.1, 0.15) is 46.1 Å². The van der Waals surface area contributed by atoms with E-state index >= 15 is 0 Å². The molecule has 0 saturated carbocycles. The highest BCUT2D eigenvalue weighted by molar-refractivity contribution is 9.10. The summed E-state index contributed by atoms with van der Waals surface area (Å²) in [6, 6.07) is 9.19. The average molecular weight is 312 g/mol. The topological polar surface area (TPSA) is 12.0 Å². The van der Waals surface area contributed by atoms with Crippen molar-refractivity contribution in [1.82, 2.24) is 5.32 Å². The maximum Gasteiger partial charge on any atom is 0.0178 e. The van der Waals surface area contributed by atoms with Gasteiger partial charge in [-0.25, -0.2) is 0 Å². The molecule has 0 heterocycles. The largest absolute Gasteiger partial charge is 0.313 e. The fourth-order valence-electron chi connectivity index (χ4n) is 2.09. The van der Waals surface area contributed by atoms with Crippen LogP contribution >= 0.6 is 15.9 Å². The van der Waals surface area contributed by atoms with Crippen LogP contribution in [0.15, 0.2) is 28.7 Å².